The number of nitro benzene ring substituents is 1. The van der Waals surface area contributed by atoms with Gasteiger partial charge in [0.15, 0.2) is 5.76 Å². The quantitative estimate of drug-likeness (QED) is 0.102. The summed E-state index contributed by atoms with van der Waals surface area (Å²) in [6.45, 7) is 0.100. The number of halogens is 2. The third-order valence-corrected chi connectivity index (χ3v) is 7.10. The predicted octanol–water partition coefficient (Wildman–Crippen LogP) is 7.60. The summed E-state index contributed by atoms with van der Waals surface area (Å²) in [7, 11) is 0. The standard InChI is InChI=1S/C30H18BrClN4O5/c31-23-13-19(14-25(36(38)39)28(23)40-17-18-9-11-21(32)12-10-18)16-33-35-29(27-15-20-5-1-4-8-26(20)41-27)34-24-7-3-2-6-22(24)30(35)37/h1-16H,17H2. The molecule has 0 amide bonds. The zero-order valence-corrected chi connectivity index (χ0v) is 23.4. The van der Waals surface area contributed by atoms with Gasteiger partial charge in [0.05, 0.1) is 26.5 Å². The van der Waals surface area contributed by atoms with Gasteiger partial charge < -0.3 is 9.15 Å². The van der Waals surface area contributed by atoms with E-state index in [9.17, 15) is 14.9 Å². The molecule has 0 unspecified atom stereocenters. The highest BCUT2D eigenvalue weighted by Gasteiger charge is 2.21. The summed E-state index contributed by atoms with van der Waals surface area (Å²) in [5.41, 5.74) is 1.59. The maximum atomic E-state index is 13.5. The fourth-order valence-electron chi connectivity index (χ4n) is 4.30. The van der Waals surface area contributed by atoms with Gasteiger partial charge in [-0.15, -0.1) is 0 Å². The molecular weight excluding hydrogens is 612 g/mol. The van der Waals surface area contributed by atoms with Gasteiger partial charge in [0.1, 0.15) is 12.2 Å². The first kappa shape index (κ1) is 26.4. The van der Waals surface area contributed by atoms with Crippen LogP contribution in [0.15, 0.2) is 110 Å². The molecule has 0 spiro atoms. The zero-order valence-electron chi connectivity index (χ0n) is 21.0. The monoisotopic (exact) mass is 628 g/mol. The third kappa shape index (κ3) is 5.34. The van der Waals surface area contributed by atoms with Crippen LogP contribution in [0.4, 0.5) is 5.69 Å². The molecule has 0 fully saturated rings. The van der Waals surface area contributed by atoms with Crippen LogP contribution in [0.1, 0.15) is 11.1 Å². The molecule has 2 heterocycles. The molecule has 0 saturated heterocycles. The van der Waals surface area contributed by atoms with E-state index in [2.05, 4.69) is 26.0 Å². The normalized spacial score (nSPS) is 11.5. The van der Waals surface area contributed by atoms with Gasteiger partial charge in [-0.05, 0) is 64.0 Å². The first-order valence-corrected chi connectivity index (χ1v) is 13.4. The van der Waals surface area contributed by atoms with E-state index in [1.54, 1.807) is 60.7 Å². The number of ether oxygens (including phenoxy) is 1. The Labute approximate surface area is 245 Å². The van der Waals surface area contributed by atoms with Crippen LogP contribution in [0, 0.1) is 10.1 Å². The van der Waals surface area contributed by atoms with Crippen LogP contribution >= 0.6 is 27.5 Å². The number of nitro groups is 1. The van der Waals surface area contributed by atoms with Crippen molar-refractivity contribution in [1.82, 2.24) is 9.66 Å². The SMILES string of the molecule is O=c1c2ccccc2nc(-c2cc3ccccc3o2)n1N=Cc1cc(Br)c(OCc2ccc(Cl)cc2)c([N+](=O)[O-])c1. The average molecular weight is 630 g/mol. The lowest BCUT2D eigenvalue weighted by Crippen LogP contribution is -2.20. The highest BCUT2D eigenvalue weighted by Crippen LogP contribution is 2.37. The Balaban J connectivity index is 1.41. The summed E-state index contributed by atoms with van der Waals surface area (Å²) >= 11 is 9.32. The van der Waals surface area contributed by atoms with Crippen molar-refractivity contribution in [3.05, 3.63) is 132 Å². The fraction of sp³-hybridized carbons (Fsp3) is 0.0333. The number of hydrogen-bond donors (Lipinski definition) is 0. The van der Waals surface area contributed by atoms with E-state index >= 15 is 0 Å². The van der Waals surface area contributed by atoms with Gasteiger partial charge in [-0.2, -0.15) is 9.78 Å². The second kappa shape index (κ2) is 11.0. The average Bonchev–Trinajstić information content (AvgIpc) is 3.41. The molecule has 0 saturated carbocycles. The fourth-order valence-corrected chi connectivity index (χ4v) is 5.00. The van der Waals surface area contributed by atoms with Gasteiger partial charge in [0.2, 0.25) is 11.6 Å². The van der Waals surface area contributed by atoms with E-state index in [0.29, 0.717) is 37.3 Å². The molecule has 0 bridgehead atoms. The van der Waals surface area contributed by atoms with Crippen molar-refractivity contribution < 1.29 is 14.1 Å². The molecule has 0 aliphatic carbocycles. The van der Waals surface area contributed by atoms with Crippen LogP contribution in [0.5, 0.6) is 5.75 Å². The summed E-state index contributed by atoms with van der Waals surface area (Å²) in [4.78, 5) is 29.6. The van der Waals surface area contributed by atoms with Crippen LogP contribution in [0.25, 0.3) is 33.5 Å². The number of fused-ring (bicyclic) bond motifs is 2. The molecule has 4 aromatic carbocycles. The molecule has 0 N–H and O–H groups in total. The van der Waals surface area contributed by atoms with E-state index in [1.807, 2.05) is 24.3 Å². The molecule has 202 valence electrons. The highest BCUT2D eigenvalue weighted by molar-refractivity contribution is 9.10. The van der Waals surface area contributed by atoms with Gasteiger partial charge in [-0.1, -0.05) is 54.1 Å². The molecule has 41 heavy (non-hydrogen) atoms. The van der Waals surface area contributed by atoms with Crippen LogP contribution in [0.3, 0.4) is 0 Å². The maximum Gasteiger partial charge on any atom is 0.312 e. The van der Waals surface area contributed by atoms with Crippen molar-refractivity contribution in [3.63, 3.8) is 0 Å². The molecule has 0 aliphatic heterocycles. The summed E-state index contributed by atoms with van der Waals surface area (Å²) < 4.78 is 13.3. The molecular formula is C30H18BrClN4O5. The Morgan fingerprint density at radius 1 is 1.05 bits per heavy atom. The molecule has 6 rings (SSSR count). The first-order chi connectivity index (χ1) is 19.9. The summed E-state index contributed by atoms with van der Waals surface area (Å²) in [6.07, 6.45) is 1.35. The van der Waals surface area contributed by atoms with E-state index in [1.165, 1.54) is 12.3 Å². The summed E-state index contributed by atoms with van der Waals surface area (Å²) in [6, 6.07) is 26.1. The number of hydrogen-bond acceptors (Lipinski definition) is 7. The first-order valence-electron chi connectivity index (χ1n) is 12.3. The Hall–Kier alpha value is -4.80. The second-order valence-electron chi connectivity index (χ2n) is 8.99. The molecule has 6 aromatic rings. The van der Waals surface area contributed by atoms with Crippen molar-refractivity contribution >= 4 is 61.3 Å². The number of furan rings is 1. The second-order valence-corrected chi connectivity index (χ2v) is 10.3. The molecule has 0 atom stereocenters. The van der Waals surface area contributed by atoms with Crippen molar-refractivity contribution in [3.8, 4) is 17.3 Å². The minimum Gasteiger partial charge on any atom is -0.481 e. The topological polar surface area (TPSA) is 113 Å². The number of benzene rings is 4. The molecule has 9 nitrogen and oxygen atoms in total. The predicted molar refractivity (Wildman–Crippen MR) is 161 cm³/mol. The lowest BCUT2D eigenvalue weighted by Gasteiger charge is -2.10. The Morgan fingerprint density at radius 3 is 2.59 bits per heavy atom. The Morgan fingerprint density at radius 2 is 1.80 bits per heavy atom. The van der Waals surface area contributed by atoms with E-state index < -0.39 is 10.5 Å². The van der Waals surface area contributed by atoms with E-state index in [0.717, 1.165) is 15.6 Å². The number of para-hydroxylation sites is 2. The largest absolute Gasteiger partial charge is 0.481 e. The molecule has 2 aromatic heterocycles. The molecule has 0 aliphatic rings. The third-order valence-electron chi connectivity index (χ3n) is 6.26. The van der Waals surface area contributed by atoms with Crippen LogP contribution in [-0.2, 0) is 6.61 Å². The van der Waals surface area contributed by atoms with Gasteiger partial charge in [0, 0.05) is 22.0 Å². The van der Waals surface area contributed by atoms with Gasteiger partial charge in [-0.3, -0.25) is 14.9 Å². The smallest absolute Gasteiger partial charge is 0.312 e. The summed E-state index contributed by atoms with van der Waals surface area (Å²) in [5, 5.41) is 18.1. The lowest BCUT2D eigenvalue weighted by atomic mass is 10.2. The maximum absolute atomic E-state index is 13.5. The van der Waals surface area contributed by atoms with Crippen LogP contribution in [0.2, 0.25) is 5.02 Å². The van der Waals surface area contributed by atoms with Crippen molar-refractivity contribution in [2.45, 2.75) is 6.61 Å². The van der Waals surface area contributed by atoms with Gasteiger partial charge >= 0.3 is 5.69 Å². The van der Waals surface area contributed by atoms with Crippen molar-refractivity contribution in [2.24, 2.45) is 5.10 Å². The van der Waals surface area contributed by atoms with Gasteiger partial charge in [0.25, 0.3) is 5.56 Å². The molecule has 11 heteroatoms. The summed E-state index contributed by atoms with van der Waals surface area (Å²) in [5.74, 6) is 0.608. The van der Waals surface area contributed by atoms with Crippen LogP contribution in [-0.4, -0.2) is 20.8 Å². The molecule has 0 radical (unpaired) electrons. The van der Waals surface area contributed by atoms with E-state index in [4.69, 9.17) is 20.8 Å². The number of aromatic nitrogens is 2. The van der Waals surface area contributed by atoms with Crippen LogP contribution < -0.4 is 10.3 Å². The Bertz CT molecular complexity index is 2000. The zero-order chi connectivity index (χ0) is 28.5. The Kier molecular flexibility index (Phi) is 7.08. The van der Waals surface area contributed by atoms with Gasteiger partial charge in [-0.25, -0.2) is 4.98 Å². The lowest BCUT2D eigenvalue weighted by molar-refractivity contribution is -0.386. The number of rotatable bonds is 7. The minimum atomic E-state index is -0.539. The number of nitrogens with zero attached hydrogens (tertiary/aromatic N) is 4. The van der Waals surface area contributed by atoms with Crippen molar-refractivity contribution in [2.75, 3.05) is 0 Å². The highest BCUT2D eigenvalue weighted by atomic mass is 79.9. The van der Waals surface area contributed by atoms with E-state index in [-0.39, 0.29) is 23.9 Å². The minimum absolute atomic E-state index is 0.0644. The van der Waals surface area contributed by atoms with Crippen molar-refractivity contribution in [1.29, 1.82) is 0 Å².